The van der Waals surface area contributed by atoms with E-state index in [1.54, 1.807) is 24.1 Å². The number of carbonyl (C=O) groups excluding carboxylic acids is 2. The van der Waals surface area contributed by atoms with E-state index in [9.17, 15) is 9.59 Å². The zero-order valence-corrected chi connectivity index (χ0v) is 16.2. The van der Waals surface area contributed by atoms with Gasteiger partial charge in [-0.1, -0.05) is 29.8 Å². The van der Waals surface area contributed by atoms with Crippen LogP contribution in [0.4, 0.5) is 10.7 Å². The van der Waals surface area contributed by atoms with Crippen LogP contribution >= 0.6 is 0 Å². The lowest BCUT2D eigenvalue weighted by Gasteiger charge is -2.34. The highest BCUT2D eigenvalue weighted by molar-refractivity contribution is 5.92. The van der Waals surface area contributed by atoms with E-state index in [1.807, 2.05) is 36.1 Å². The van der Waals surface area contributed by atoms with E-state index >= 15 is 0 Å². The van der Waals surface area contributed by atoms with Gasteiger partial charge in [0.15, 0.2) is 0 Å². The van der Waals surface area contributed by atoms with Gasteiger partial charge in [-0.3, -0.25) is 4.79 Å². The summed E-state index contributed by atoms with van der Waals surface area (Å²) in [7, 11) is 0. The zero-order chi connectivity index (χ0) is 19.9. The molecular formula is C20H25N5O3. The van der Waals surface area contributed by atoms with E-state index in [0.717, 1.165) is 11.1 Å². The molecule has 2 aromatic rings. The fraction of sp³-hybridized carbons (Fsp3) is 0.400. The topological polar surface area (TPSA) is 87.7 Å². The van der Waals surface area contributed by atoms with E-state index in [4.69, 9.17) is 4.74 Å². The number of ether oxygens (including phenoxy) is 1. The second-order valence-corrected chi connectivity index (χ2v) is 6.59. The average molecular weight is 383 g/mol. The van der Waals surface area contributed by atoms with Crippen LogP contribution in [0.5, 0.6) is 0 Å². The van der Waals surface area contributed by atoms with Gasteiger partial charge in [-0.25, -0.2) is 14.8 Å². The van der Waals surface area contributed by atoms with Crippen molar-refractivity contribution in [2.45, 2.75) is 20.4 Å². The minimum Gasteiger partial charge on any atom is -0.450 e. The van der Waals surface area contributed by atoms with Crippen LogP contribution < -0.4 is 10.2 Å². The number of amides is 2. The average Bonchev–Trinajstić information content (AvgIpc) is 2.72. The number of hydrogen-bond donors (Lipinski definition) is 1. The van der Waals surface area contributed by atoms with Crippen molar-refractivity contribution in [2.24, 2.45) is 0 Å². The molecule has 0 saturated carbocycles. The first kappa shape index (κ1) is 19.6. The Morgan fingerprint density at radius 2 is 1.96 bits per heavy atom. The number of rotatable bonds is 5. The summed E-state index contributed by atoms with van der Waals surface area (Å²) >= 11 is 0. The van der Waals surface area contributed by atoms with Crippen LogP contribution in [0.1, 0.15) is 28.5 Å². The molecule has 148 valence electrons. The number of piperazine rings is 1. The molecular weight excluding hydrogens is 358 g/mol. The van der Waals surface area contributed by atoms with E-state index in [2.05, 4.69) is 15.3 Å². The van der Waals surface area contributed by atoms with Crippen molar-refractivity contribution in [1.29, 1.82) is 0 Å². The third-order valence-electron chi connectivity index (χ3n) is 4.50. The molecule has 2 heterocycles. The molecule has 1 aliphatic heterocycles. The quantitative estimate of drug-likeness (QED) is 0.850. The van der Waals surface area contributed by atoms with Gasteiger partial charge in [0, 0.05) is 38.9 Å². The summed E-state index contributed by atoms with van der Waals surface area (Å²) in [4.78, 5) is 36.6. The van der Waals surface area contributed by atoms with Crippen molar-refractivity contribution >= 4 is 17.9 Å². The molecule has 0 spiro atoms. The summed E-state index contributed by atoms with van der Waals surface area (Å²) < 4.78 is 5.03. The molecule has 1 aliphatic rings. The second kappa shape index (κ2) is 9.16. The summed E-state index contributed by atoms with van der Waals surface area (Å²) in [5, 5.41) is 2.89. The minimum absolute atomic E-state index is 0.240. The Morgan fingerprint density at radius 3 is 2.68 bits per heavy atom. The highest BCUT2D eigenvalue weighted by atomic mass is 16.6. The molecule has 1 saturated heterocycles. The monoisotopic (exact) mass is 383 g/mol. The summed E-state index contributed by atoms with van der Waals surface area (Å²) in [5.74, 6) is 0.252. The van der Waals surface area contributed by atoms with Gasteiger partial charge < -0.3 is 19.9 Å². The molecule has 1 aromatic carbocycles. The standard InChI is InChI=1S/C20H25N5O3/c1-3-28-20(27)25-11-9-24(10-12-25)19-21-8-7-17(23-19)18(26)22-14-16-6-4-5-15(2)13-16/h4-8,13H,3,9-12,14H2,1-2H3,(H,22,26). The van der Waals surface area contributed by atoms with Crippen LogP contribution in [0, 0.1) is 6.92 Å². The number of aromatic nitrogens is 2. The van der Waals surface area contributed by atoms with Gasteiger partial charge in [0.25, 0.3) is 5.91 Å². The molecule has 0 unspecified atom stereocenters. The summed E-state index contributed by atoms with van der Waals surface area (Å²) in [6.45, 7) is 6.86. The lowest BCUT2D eigenvalue weighted by atomic mass is 10.1. The molecule has 2 amide bonds. The third kappa shape index (κ3) is 4.97. The Balaban J connectivity index is 1.58. The number of nitrogens with one attached hydrogen (secondary N) is 1. The lowest BCUT2D eigenvalue weighted by molar-refractivity contribution is 0.0945. The molecule has 28 heavy (non-hydrogen) atoms. The Kier molecular flexibility index (Phi) is 6.41. The van der Waals surface area contributed by atoms with Crippen molar-refractivity contribution in [1.82, 2.24) is 20.2 Å². The maximum absolute atomic E-state index is 12.5. The van der Waals surface area contributed by atoms with Gasteiger partial charge >= 0.3 is 6.09 Å². The molecule has 1 aromatic heterocycles. The molecule has 0 aliphatic carbocycles. The van der Waals surface area contributed by atoms with Crippen molar-refractivity contribution in [3.63, 3.8) is 0 Å². The summed E-state index contributed by atoms with van der Waals surface area (Å²) in [6.07, 6.45) is 1.29. The Labute approximate surface area is 164 Å². The molecule has 8 nitrogen and oxygen atoms in total. The molecule has 0 radical (unpaired) electrons. The van der Waals surface area contributed by atoms with Crippen molar-refractivity contribution in [3.05, 3.63) is 53.3 Å². The van der Waals surface area contributed by atoms with Gasteiger partial charge in [0.1, 0.15) is 5.69 Å². The Morgan fingerprint density at radius 1 is 1.18 bits per heavy atom. The summed E-state index contributed by atoms with van der Waals surface area (Å²) in [6, 6.07) is 9.60. The van der Waals surface area contributed by atoms with Crippen molar-refractivity contribution in [3.8, 4) is 0 Å². The van der Waals surface area contributed by atoms with E-state index in [0.29, 0.717) is 51.0 Å². The maximum Gasteiger partial charge on any atom is 0.409 e. The largest absolute Gasteiger partial charge is 0.450 e. The normalized spacial score (nSPS) is 13.9. The Hall–Kier alpha value is -3.16. The predicted molar refractivity (Wildman–Crippen MR) is 105 cm³/mol. The predicted octanol–water partition coefficient (Wildman–Crippen LogP) is 1.99. The Bertz CT molecular complexity index is 834. The highest BCUT2D eigenvalue weighted by Crippen LogP contribution is 2.12. The number of nitrogens with zero attached hydrogens (tertiary/aromatic N) is 4. The second-order valence-electron chi connectivity index (χ2n) is 6.59. The number of anilines is 1. The van der Waals surface area contributed by atoms with Gasteiger partial charge in [-0.15, -0.1) is 0 Å². The maximum atomic E-state index is 12.5. The van der Waals surface area contributed by atoms with Crippen LogP contribution in [0.15, 0.2) is 36.5 Å². The van der Waals surface area contributed by atoms with Gasteiger partial charge in [0.2, 0.25) is 5.95 Å². The third-order valence-corrected chi connectivity index (χ3v) is 4.50. The van der Waals surface area contributed by atoms with Crippen LogP contribution in [0.3, 0.4) is 0 Å². The number of benzene rings is 1. The first-order valence-corrected chi connectivity index (χ1v) is 9.40. The first-order valence-electron chi connectivity index (χ1n) is 9.40. The smallest absolute Gasteiger partial charge is 0.409 e. The van der Waals surface area contributed by atoms with Crippen LogP contribution in [0.2, 0.25) is 0 Å². The van der Waals surface area contributed by atoms with Crippen LogP contribution in [-0.4, -0.2) is 59.7 Å². The zero-order valence-electron chi connectivity index (χ0n) is 16.2. The van der Waals surface area contributed by atoms with E-state index in [-0.39, 0.29) is 12.0 Å². The number of aryl methyl sites for hydroxylation is 1. The molecule has 0 atom stereocenters. The van der Waals surface area contributed by atoms with Crippen LogP contribution in [-0.2, 0) is 11.3 Å². The van der Waals surface area contributed by atoms with Crippen molar-refractivity contribution in [2.75, 3.05) is 37.7 Å². The molecule has 1 fully saturated rings. The van der Waals surface area contributed by atoms with E-state index < -0.39 is 0 Å². The lowest BCUT2D eigenvalue weighted by Crippen LogP contribution is -2.49. The number of hydrogen-bond acceptors (Lipinski definition) is 6. The first-order chi connectivity index (χ1) is 13.6. The van der Waals surface area contributed by atoms with Gasteiger partial charge in [-0.05, 0) is 25.5 Å². The molecule has 8 heteroatoms. The van der Waals surface area contributed by atoms with Crippen molar-refractivity contribution < 1.29 is 14.3 Å². The summed E-state index contributed by atoms with van der Waals surface area (Å²) in [5.41, 5.74) is 2.52. The fourth-order valence-corrected chi connectivity index (χ4v) is 3.03. The van der Waals surface area contributed by atoms with Crippen LogP contribution in [0.25, 0.3) is 0 Å². The molecule has 0 bridgehead atoms. The SMILES string of the molecule is CCOC(=O)N1CCN(c2nccc(C(=O)NCc3cccc(C)c3)n2)CC1. The highest BCUT2D eigenvalue weighted by Gasteiger charge is 2.23. The minimum atomic E-state index is -0.299. The van der Waals surface area contributed by atoms with E-state index in [1.165, 1.54) is 0 Å². The van der Waals surface area contributed by atoms with Gasteiger partial charge in [0.05, 0.1) is 6.61 Å². The fourth-order valence-electron chi connectivity index (χ4n) is 3.03. The molecule has 3 rings (SSSR count). The number of carbonyl (C=O) groups is 2. The molecule has 1 N–H and O–H groups in total. The van der Waals surface area contributed by atoms with Gasteiger partial charge in [-0.2, -0.15) is 0 Å².